The molecule has 3 amide bonds. The van der Waals surface area contributed by atoms with Gasteiger partial charge in [-0.15, -0.1) is 0 Å². The Morgan fingerprint density at radius 1 is 1.17 bits per heavy atom. The van der Waals surface area contributed by atoms with Crippen molar-refractivity contribution in [2.75, 3.05) is 13.1 Å². The highest BCUT2D eigenvalue weighted by molar-refractivity contribution is 6.34. The first kappa shape index (κ1) is 18.5. The highest BCUT2D eigenvalue weighted by Gasteiger charge is 2.23. The van der Waals surface area contributed by atoms with E-state index >= 15 is 0 Å². The molecule has 0 fully saturated rings. The number of nitrogens with zero attached hydrogens (tertiary/aromatic N) is 1. The van der Waals surface area contributed by atoms with Gasteiger partial charge in [0.2, 0.25) is 0 Å². The average Bonchev–Trinajstić information content (AvgIpc) is 2.45. The lowest BCUT2D eigenvalue weighted by molar-refractivity contribution is -0.120. The van der Waals surface area contributed by atoms with Gasteiger partial charge in [-0.2, -0.15) is 0 Å². The third kappa shape index (κ3) is 5.35. The summed E-state index contributed by atoms with van der Waals surface area (Å²) in [5.74, 6) is -0.618. The smallest absolute Gasteiger partial charge is 0.314 e. The summed E-state index contributed by atoms with van der Waals surface area (Å²) in [7, 11) is 0. The van der Waals surface area contributed by atoms with Crippen LogP contribution in [0.25, 0.3) is 0 Å². The van der Waals surface area contributed by atoms with Gasteiger partial charge in [-0.3, -0.25) is 4.79 Å². The number of urea groups is 1. The molecular formula is C17H19Cl2N3O2. The zero-order valence-corrected chi connectivity index (χ0v) is 15.0. The number of hydrogen-bond donors (Lipinski definition) is 2. The molecule has 128 valence electrons. The monoisotopic (exact) mass is 367 g/mol. The first-order valence-electron chi connectivity index (χ1n) is 7.59. The molecule has 1 aliphatic heterocycles. The second-order valence-corrected chi connectivity index (χ2v) is 6.57. The lowest BCUT2D eigenvalue weighted by Crippen LogP contribution is -2.41. The van der Waals surface area contributed by atoms with Gasteiger partial charge >= 0.3 is 6.03 Å². The zero-order valence-electron chi connectivity index (χ0n) is 13.5. The number of hydrogen-bond acceptors (Lipinski definition) is 2. The second-order valence-electron chi connectivity index (χ2n) is 5.70. The third-order valence-electron chi connectivity index (χ3n) is 3.66. The molecule has 0 saturated heterocycles. The average molecular weight is 368 g/mol. The third-order valence-corrected chi connectivity index (χ3v) is 4.10. The summed E-state index contributed by atoms with van der Waals surface area (Å²) in [6.07, 6.45) is 2.47. The van der Waals surface area contributed by atoms with Crippen LogP contribution in [0.5, 0.6) is 0 Å². The highest BCUT2D eigenvalue weighted by atomic mass is 35.5. The van der Waals surface area contributed by atoms with Crippen LogP contribution < -0.4 is 10.6 Å². The van der Waals surface area contributed by atoms with Gasteiger partial charge in [0, 0.05) is 28.8 Å². The molecule has 7 heteroatoms. The maximum atomic E-state index is 11.9. The lowest BCUT2D eigenvalue weighted by atomic mass is 9.96. The van der Waals surface area contributed by atoms with Crippen LogP contribution in [0, 0.1) is 5.92 Å². The van der Waals surface area contributed by atoms with Crippen LogP contribution in [0.4, 0.5) is 4.79 Å². The van der Waals surface area contributed by atoms with Crippen LogP contribution in [-0.4, -0.2) is 30.7 Å². The Kier molecular flexibility index (Phi) is 6.40. The first-order valence-corrected chi connectivity index (χ1v) is 8.35. The van der Waals surface area contributed by atoms with Crippen LogP contribution in [0.1, 0.15) is 19.4 Å². The predicted molar refractivity (Wildman–Crippen MR) is 96.9 cm³/mol. The van der Waals surface area contributed by atoms with Crippen molar-refractivity contribution in [3.8, 4) is 0 Å². The fourth-order valence-electron chi connectivity index (χ4n) is 2.49. The Balaban J connectivity index is 1.76. The summed E-state index contributed by atoms with van der Waals surface area (Å²) in [6, 6.07) is 4.95. The van der Waals surface area contributed by atoms with E-state index in [4.69, 9.17) is 23.2 Å². The van der Waals surface area contributed by atoms with Gasteiger partial charge in [0.15, 0.2) is 0 Å². The fraction of sp³-hybridized carbons (Fsp3) is 0.353. The molecule has 0 radical (unpaired) electrons. The molecule has 24 heavy (non-hydrogen) atoms. The molecule has 1 atom stereocenters. The van der Waals surface area contributed by atoms with E-state index in [1.807, 2.05) is 25.1 Å². The second kappa shape index (κ2) is 8.31. The van der Waals surface area contributed by atoms with Crippen LogP contribution in [0.2, 0.25) is 10.0 Å². The number of amides is 3. The van der Waals surface area contributed by atoms with Gasteiger partial charge in [-0.25, -0.2) is 9.79 Å². The largest absolute Gasteiger partial charge is 0.338 e. The Morgan fingerprint density at radius 3 is 2.46 bits per heavy atom. The Bertz CT molecular complexity index is 694. The van der Waals surface area contributed by atoms with E-state index in [9.17, 15) is 9.59 Å². The van der Waals surface area contributed by atoms with E-state index in [1.54, 1.807) is 13.0 Å². The van der Waals surface area contributed by atoms with E-state index in [1.165, 1.54) is 0 Å². The van der Waals surface area contributed by atoms with E-state index in [2.05, 4.69) is 15.6 Å². The van der Waals surface area contributed by atoms with Crippen molar-refractivity contribution < 1.29 is 9.59 Å². The molecule has 0 bridgehead atoms. The molecule has 1 heterocycles. The van der Waals surface area contributed by atoms with Crippen LogP contribution in [-0.2, 0) is 11.2 Å². The van der Waals surface area contributed by atoms with Crippen molar-refractivity contribution in [2.45, 2.75) is 20.3 Å². The van der Waals surface area contributed by atoms with Crippen molar-refractivity contribution >= 4 is 40.9 Å². The predicted octanol–water partition coefficient (Wildman–Crippen LogP) is 3.40. The molecule has 2 rings (SSSR count). The molecule has 1 aliphatic rings. The molecule has 2 N–H and O–H groups in total. The number of carbonyl (C=O) groups excluding carboxylic acids is 2. The van der Waals surface area contributed by atoms with Crippen molar-refractivity contribution in [1.29, 1.82) is 0 Å². The van der Waals surface area contributed by atoms with Gasteiger partial charge in [-0.1, -0.05) is 28.8 Å². The number of aliphatic imine (C=N–C) groups is 1. The minimum absolute atomic E-state index is 0.221. The van der Waals surface area contributed by atoms with Crippen molar-refractivity contribution in [3.05, 3.63) is 45.5 Å². The standard InChI is InChI=1S/C17H19Cl2N3O2/c1-10-5-11(2)22-16(23)15(10)9-21-17(24)20-4-3-12-6-13(18)8-14(19)7-12/h5-8,15H,3-4,9H2,1-2H3,(H2,20,21,24). The summed E-state index contributed by atoms with van der Waals surface area (Å²) < 4.78 is 0. The van der Waals surface area contributed by atoms with Crippen LogP contribution in [0.15, 0.2) is 34.8 Å². The zero-order chi connectivity index (χ0) is 17.7. The van der Waals surface area contributed by atoms with Crippen LogP contribution in [0.3, 0.4) is 0 Å². The maximum absolute atomic E-state index is 11.9. The van der Waals surface area contributed by atoms with E-state index in [-0.39, 0.29) is 18.5 Å². The van der Waals surface area contributed by atoms with E-state index in [0.717, 1.165) is 11.1 Å². The van der Waals surface area contributed by atoms with E-state index in [0.29, 0.717) is 28.7 Å². The summed E-state index contributed by atoms with van der Waals surface area (Å²) in [5.41, 5.74) is 2.54. The number of dihydropyridines is 1. The van der Waals surface area contributed by atoms with Gasteiger partial charge < -0.3 is 10.6 Å². The lowest BCUT2D eigenvalue weighted by Gasteiger charge is -2.19. The van der Waals surface area contributed by atoms with Crippen molar-refractivity contribution in [3.63, 3.8) is 0 Å². The molecule has 0 saturated carbocycles. The number of rotatable bonds is 5. The number of halogens is 2. The minimum atomic E-state index is -0.397. The first-order chi connectivity index (χ1) is 11.3. The van der Waals surface area contributed by atoms with Gasteiger partial charge in [0.25, 0.3) is 5.91 Å². The summed E-state index contributed by atoms with van der Waals surface area (Å²) in [5, 5.41) is 6.58. The minimum Gasteiger partial charge on any atom is -0.338 e. The molecule has 0 spiro atoms. The summed E-state index contributed by atoms with van der Waals surface area (Å²) in [6.45, 7) is 4.31. The quantitative estimate of drug-likeness (QED) is 0.836. The Labute approximate surface area is 151 Å². The summed E-state index contributed by atoms with van der Waals surface area (Å²) in [4.78, 5) is 27.6. The Morgan fingerprint density at radius 2 is 1.83 bits per heavy atom. The maximum Gasteiger partial charge on any atom is 0.314 e. The highest BCUT2D eigenvalue weighted by Crippen LogP contribution is 2.19. The molecule has 1 aromatic rings. The molecular weight excluding hydrogens is 349 g/mol. The van der Waals surface area contributed by atoms with Crippen LogP contribution >= 0.6 is 23.2 Å². The molecule has 0 aliphatic carbocycles. The van der Waals surface area contributed by atoms with Crippen molar-refractivity contribution in [2.24, 2.45) is 10.9 Å². The van der Waals surface area contributed by atoms with Gasteiger partial charge in [0.05, 0.1) is 5.92 Å². The molecule has 1 aromatic carbocycles. The topological polar surface area (TPSA) is 70.6 Å². The fourth-order valence-corrected chi connectivity index (χ4v) is 3.06. The number of allylic oxidation sites excluding steroid dienone is 1. The van der Waals surface area contributed by atoms with E-state index < -0.39 is 5.92 Å². The summed E-state index contributed by atoms with van der Waals surface area (Å²) >= 11 is 11.9. The Hall–Kier alpha value is -1.85. The molecule has 1 unspecified atom stereocenters. The SMILES string of the molecule is CC1=CC(C)=NC(=O)C1CNC(=O)NCCc1cc(Cl)cc(Cl)c1. The molecule has 5 nitrogen and oxygen atoms in total. The number of benzene rings is 1. The number of nitrogens with one attached hydrogen (secondary N) is 2. The normalized spacial score (nSPS) is 17.2. The van der Waals surface area contributed by atoms with Crippen molar-refractivity contribution in [1.82, 2.24) is 10.6 Å². The molecule has 0 aromatic heterocycles. The van der Waals surface area contributed by atoms with Gasteiger partial charge in [0.1, 0.15) is 0 Å². The van der Waals surface area contributed by atoms with Gasteiger partial charge in [-0.05, 0) is 50.1 Å². The number of carbonyl (C=O) groups is 2.